The molecule has 122 valence electrons. The molecule has 0 radical (unpaired) electrons. The molecule has 3 aromatic rings. The summed E-state index contributed by atoms with van der Waals surface area (Å²) in [6.45, 7) is 0.976. The first-order chi connectivity index (χ1) is 11.7. The number of thiazole rings is 1. The fourth-order valence-corrected chi connectivity index (χ4v) is 2.95. The summed E-state index contributed by atoms with van der Waals surface area (Å²) in [4.78, 5) is 16.7. The van der Waals surface area contributed by atoms with E-state index < -0.39 is 5.91 Å². The van der Waals surface area contributed by atoms with E-state index in [-0.39, 0.29) is 11.4 Å². The lowest BCUT2D eigenvalue weighted by atomic mass is 10.2. The van der Waals surface area contributed by atoms with Gasteiger partial charge < -0.3 is 25.0 Å². The fraction of sp³-hybridized carbons (Fsp3) is 0.133. The molecule has 1 aliphatic heterocycles. The van der Waals surface area contributed by atoms with E-state index in [0.29, 0.717) is 41.1 Å². The highest BCUT2D eigenvalue weighted by molar-refractivity contribution is 7.13. The third-order valence-corrected chi connectivity index (χ3v) is 4.16. The van der Waals surface area contributed by atoms with E-state index in [0.717, 1.165) is 0 Å². The van der Waals surface area contributed by atoms with Crippen LogP contribution in [0.4, 0.5) is 11.6 Å². The van der Waals surface area contributed by atoms with E-state index in [1.54, 1.807) is 29.8 Å². The normalized spacial score (nSPS) is 12.8. The Balaban J connectivity index is 1.62. The van der Waals surface area contributed by atoms with E-state index >= 15 is 0 Å². The van der Waals surface area contributed by atoms with Crippen molar-refractivity contribution in [2.75, 3.05) is 24.3 Å². The van der Waals surface area contributed by atoms with Crippen molar-refractivity contribution < 1.29 is 18.8 Å². The summed E-state index contributed by atoms with van der Waals surface area (Å²) < 4.78 is 15.9. The molecule has 2 aromatic heterocycles. The number of carbonyl (C=O) groups is 1. The van der Waals surface area contributed by atoms with Gasteiger partial charge in [-0.25, -0.2) is 4.98 Å². The average Bonchev–Trinajstić information content (AvgIpc) is 3.24. The molecule has 3 N–H and O–H groups in total. The molecular weight excluding hydrogens is 332 g/mol. The molecule has 0 aliphatic carbocycles. The second-order valence-corrected chi connectivity index (χ2v) is 5.81. The van der Waals surface area contributed by atoms with Crippen LogP contribution < -0.4 is 20.5 Å². The molecule has 0 bridgehead atoms. The molecule has 0 saturated heterocycles. The topological polar surface area (TPSA) is 112 Å². The molecule has 1 amide bonds. The number of carbonyl (C=O) groups excluding carboxylic acids is 1. The lowest BCUT2D eigenvalue weighted by Gasteiger charge is -2.18. The summed E-state index contributed by atoms with van der Waals surface area (Å²) in [5.74, 6) is 0.732. The first kappa shape index (κ1) is 14.5. The van der Waals surface area contributed by atoms with Gasteiger partial charge in [-0.05, 0) is 12.1 Å². The van der Waals surface area contributed by atoms with Gasteiger partial charge >= 0.3 is 0 Å². The number of hydrogen-bond donors (Lipinski definition) is 2. The Bertz CT molecular complexity index is 891. The monoisotopic (exact) mass is 344 g/mol. The van der Waals surface area contributed by atoms with Crippen LogP contribution in [-0.4, -0.2) is 29.3 Å². The van der Waals surface area contributed by atoms with Gasteiger partial charge in [0.05, 0.1) is 0 Å². The zero-order valence-electron chi connectivity index (χ0n) is 12.3. The van der Waals surface area contributed by atoms with Gasteiger partial charge in [-0.2, -0.15) is 0 Å². The summed E-state index contributed by atoms with van der Waals surface area (Å²) in [5.41, 5.74) is 6.78. The Morgan fingerprint density at radius 1 is 1.25 bits per heavy atom. The third kappa shape index (κ3) is 2.54. The molecule has 8 nitrogen and oxygen atoms in total. The van der Waals surface area contributed by atoms with Gasteiger partial charge in [0.25, 0.3) is 5.91 Å². The number of aromatic nitrogens is 2. The smallest absolute Gasteiger partial charge is 0.263 e. The lowest BCUT2D eigenvalue weighted by molar-refractivity contribution is 0.102. The van der Waals surface area contributed by atoms with Crippen LogP contribution in [-0.2, 0) is 0 Å². The predicted octanol–water partition coefficient (Wildman–Crippen LogP) is 2.40. The van der Waals surface area contributed by atoms with Crippen molar-refractivity contribution in [2.24, 2.45) is 0 Å². The standard InChI is InChI=1S/C15H12N4O4S/c16-13-11(12(19-23-13)15-17-3-6-24-15)14(20)18-8-1-2-9-10(7-8)22-5-4-21-9/h1-3,6-7H,4-5,16H2,(H,18,20). The number of amides is 1. The molecule has 3 heterocycles. The molecule has 9 heteroatoms. The lowest BCUT2D eigenvalue weighted by Crippen LogP contribution is -2.17. The SMILES string of the molecule is Nc1onc(-c2nccs2)c1C(=O)Nc1ccc2c(c1)OCCO2. The van der Waals surface area contributed by atoms with Gasteiger partial charge in [-0.15, -0.1) is 11.3 Å². The zero-order valence-corrected chi connectivity index (χ0v) is 13.1. The molecular formula is C15H12N4O4S. The molecule has 1 aliphatic rings. The summed E-state index contributed by atoms with van der Waals surface area (Å²) in [7, 11) is 0. The number of nitrogens with zero attached hydrogens (tertiary/aromatic N) is 2. The Morgan fingerprint density at radius 2 is 2.08 bits per heavy atom. The number of nitrogens with two attached hydrogens (primary N) is 1. The average molecular weight is 344 g/mol. The fourth-order valence-electron chi connectivity index (χ4n) is 2.32. The second-order valence-electron chi connectivity index (χ2n) is 4.92. The van der Waals surface area contributed by atoms with Gasteiger partial charge in [0, 0.05) is 23.3 Å². The molecule has 0 fully saturated rings. The molecule has 0 unspecified atom stereocenters. The van der Waals surface area contributed by atoms with E-state index in [4.69, 9.17) is 19.7 Å². The highest BCUT2D eigenvalue weighted by Crippen LogP contribution is 2.34. The van der Waals surface area contributed by atoms with Crippen LogP contribution in [0.15, 0.2) is 34.3 Å². The Labute approximate surface area is 140 Å². The molecule has 24 heavy (non-hydrogen) atoms. The van der Waals surface area contributed by atoms with Crippen LogP contribution >= 0.6 is 11.3 Å². The summed E-state index contributed by atoms with van der Waals surface area (Å²) >= 11 is 1.34. The number of hydrogen-bond acceptors (Lipinski definition) is 8. The molecule has 0 atom stereocenters. The van der Waals surface area contributed by atoms with Crippen LogP contribution in [0.2, 0.25) is 0 Å². The quantitative estimate of drug-likeness (QED) is 0.750. The van der Waals surface area contributed by atoms with Crippen LogP contribution in [0.5, 0.6) is 11.5 Å². The minimum atomic E-state index is -0.435. The number of ether oxygens (including phenoxy) is 2. The minimum absolute atomic E-state index is 0.0600. The van der Waals surface area contributed by atoms with E-state index in [1.807, 2.05) is 0 Å². The van der Waals surface area contributed by atoms with Crippen molar-refractivity contribution in [1.29, 1.82) is 0 Å². The van der Waals surface area contributed by atoms with Crippen molar-refractivity contribution in [3.8, 4) is 22.2 Å². The van der Waals surface area contributed by atoms with Crippen molar-refractivity contribution in [2.45, 2.75) is 0 Å². The second kappa shape index (κ2) is 5.85. The van der Waals surface area contributed by atoms with Crippen LogP contribution in [0, 0.1) is 0 Å². The van der Waals surface area contributed by atoms with Gasteiger partial charge in [0.15, 0.2) is 17.2 Å². The van der Waals surface area contributed by atoms with Crippen LogP contribution in [0.3, 0.4) is 0 Å². The minimum Gasteiger partial charge on any atom is -0.486 e. The third-order valence-electron chi connectivity index (χ3n) is 3.38. The highest BCUT2D eigenvalue weighted by atomic mass is 32.1. The zero-order chi connectivity index (χ0) is 16.5. The Hall–Kier alpha value is -3.07. The summed E-state index contributed by atoms with van der Waals surface area (Å²) in [6.07, 6.45) is 1.62. The maximum Gasteiger partial charge on any atom is 0.263 e. The number of rotatable bonds is 3. The molecule has 0 saturated carbocycles. The van der Waals surface area contributed by atoms with Crippen LogP contribution in [0.1, 0.15) is 10.4 Å². The largest absolute Gasteiger partial charge is 0.486 e. The Morgan fingerprint density at radius 3 is 2.88 bits per heavy atom. The number of nitrogens with one attached hydrogen (secondary N) is 1. The number of fused-ring (bicyclic) bond motifs is 1. The van der Waals surface area contributed by atoms with E-state index in [1.165, 1.54) is 11.3 Å². The maximum atomic E-state index is 12.6. The Kier molecular flexibility index (Phi) is 3.54. The predicted molar refractivity (Wildman–Crippen MR) is 87.4 cm³/mol. The molecule has 1 aromatic carbocycles. The molecule has 0 spiro atoms. The first-order valence-corrected chi connectivity index (χ1v) is 7.96. The number of anilines is 2. The van der Waals surface area contributed by atoms with E-state index in [2.05, 4.69) is 15.5 Å². The first-order valence-electron chi connectivity index (χ1n) is 7.08. The van der Waals surface area contributed by atoms with Crippen molar-refractivity contribution in [3.63, 3.8) is 0 Å². The van der Waals surface area contributed by atoms with Gasteiger partial charge in [0.1, 0.15) is 23.8 Å². The highest BCUT2D eigenvalue weighted by Gasteiger charge is 2.24. The van der Waals surface area contributed by atoms with Crippen molar-refractivity contribution >= 4 is 28.8 Å². The summed E-state index contributed by atoms with van der Waals surface area (Å²) in [5, 5.41) is 8.93. The molecule has 4 rings (SSSR count). The van der Waals surface area contributed by atoms with Crippen molar-refractivity contribution in [3.05, 3.63) is 35.3 Å². The van der Waals surface area contributed by atoms with Gasteiger partial charge in [0.2, 0.25) is 5.88 Å². The summed E-state index contributed by atoms with van der Waals surface area (Å²) in [6, 6.07) is 5.15. The number of nitrogen functional groups attached to an aromatic ring is 1. The van der Waals surface area contributed by atoms with Crippen LogP contribution in [0.25, 0.3) is 10.7 Å². The van der Waals surface area contributed by atoms with Crippen molar-refractivity contribution in [1.82, 2.24) is 10.1 Å². The van der Waals surface area contributed by atoms with Gasteiger partial charge in [-0.1, -0.05) is 5.16 Å². The van der Waals surface area contributed by atoms with E-state index in [9.17, 15) is 4.79 Å². The number of benzene rings is 1. The maximum absolute atomic E-state index is 12.6. The van der Waals surface area contributed by atoms with Gasteiger partial charge in [-0.3, -0.25) is 4.79 Å².